The van der Waals surface area contributed by atoms with E-state index in [1.807, 2.05) is 19.3 Å². The van der Waals surface area contributed by atoms with E-state index in [-0.39, 0.29) is 5.82 Å². The number of nitrogens with one attached hydrogen (secondary N) is 1. The van der Waals surface area contributed by atoms with E-state index in [1.54, 1.807) is 23.0 Å². The van der Waals surface area contributed by atoms with Gasteiger partial charge in [0.25, 0.3) is 0 Å². The van der Waals surface area contributed by atoms with E-state index < -0.39 is 0 Å². The van der Waals surface area contributed by atoms with Crippen LogP contribution in [0.25, 0.3) is 0 Å². The molecule has 19 heavy (non-hydrogen) atoms. The van der Waals surface area contributed by atoms with E-state index in [1.165, 1.54) is 11.8 Å². The molecule has 0 spiro atoms. The average Bonchev–Trinajstić information content (AvgIpc) is 2.74. The van der Waals surface area contributed by atoms with Gasteiger partial charge in [0.2, 0.25) is 0 Å². The molecule has 0 aliphatic carbocycles. The van der Waals surface area contributed by atoms with Crippen molar-refractivity contribution in [2.45, 2.75) is 29.7 Å². The summed E-state index contributed by atoms with van der Waals surface area (Å²) >= 11 is 1.52. The molecule has 1 aromatic carbocycles. The van der Waals surface area contributed by atoms with Crippen molar-refractivity contribution in [3.8, 4) is 0 Å². The predicted molar refractivity (Wildman–Crippen MR) is 75.7 cm³/mol. The van der Waals surface area contributed by atoms with Gasteiger partial charge >= 0.3 is 0 Å². The topological polar surface area (TPSA) is 29.9 Å². The minimum Gasteiger partial charge on any atom is -0.313 e. The van der Waals surface area contributed by atoms with Crippen LogP contribution in [-0.4, -0.2) is 16.3 Å². The molecule has 0 saturated carbocycles. The predicted octanol–water partition coefficient (Wildman–Crippen LogP) is 3.21. The van der Waals surface area contributed by atoms with Crippen molar-refractivity contribution in [1.29, 1.82) is 0 Å². The van der Waals surface area contributed by atoms with Crippen LogP contribution >= 0.6 is 11.8 Å². The summed E-state index contributed by atoms with van der Waals surface area (Å²) < 4.78 is 15.3. The summed E-state index contributed by atoms with van der Waals surface area (Å²) in [5.74, 6) is -0.192. The van der Waals surface area contributed by atoms with Gasteiger partial charge in [0.15, 0.2) is 0 Å². The Hall–Kier alpha value is -1.33. The Morgan fingerprint density at radius 1 is 1.32 bits per heavy atom. The molecule has 102 valence electrons. The molecule has 3 nitrogen and oxygen atoms in total. The summed E-state index contributed by atoms with van der Waals surface area (Å²) in [7, 11) is 1.87. The van der Waals surface area contributed by atoms with Gasteiger partial charge in [-0.15, -0.1) is 0 Å². The summed E-state index contributed by atoms with van der Waals surface area (Å²) in [5, 5.41) is 7.39. The first-order chi connectivity index (χ1) is 9.17. The molecule has 1 N–H and O–H groups in total. The van der Waals surface area contributed by atoms with E-state index in [0.29, 0.717) is 6.54 Å². The highest BCUT2D eigenvalue weighted by molar-refractivity contribution is 7.99. The number of aromatic nitrogens is 2. The Balaban J connectivity index is 2.07. The molecule has 0 amide bonds. The zero-order valence-corrected chi connectivity index (χ0v) is 12.0. The number of aryl methyl sites for hydroxylation is 1. The summed E-state index contributed by atoms with van der Waals surface area (Å²) in [4.78, 5) is 1.92. The lowest BCUT2D eigenvalue weighted by molar-refractivity contribution is 0.615. The lowest BCUT2D eigenvalue weighted by Crippen LogP contribution is -2.13. The maximum Gasteiger partial charge on any atom is 0.124 e. The Morgan fingerprint density at radius 3 is 2.84 bits per heavy atom. The molecule has 5 heteroatoms. The van der Waals surface area contributed by atoms with Crippen LogP contribution in [0.1, 0.15) is 18.9 Å². The van der Waals surface area contributed by atoms with Crippen molar-refractivity contribution < 1.29 is 4.39 Å². The molecule has 1 heterocycles. The maximum absolute atomic E-state index is 13.6. The molecule has 0 fully saturated rings. The second-order valence-electron chi connectivity index (χ2n) is 4.42. The lowest BCUT2D eigenvalue weighted by atomic mass is 10.2. The van der Waals surface area contributed by atoms with Gasteiger partial charge in [-0.25, -0.2) is 4.39 Å². The summed E-state index contributed by atoms with van der Waals surface area (Å²) in [6.45, 7) is 3.76. The number of nitrogens with zero attached hydrogens (tertiary/aromatic N) is 2. The molecule has 2 aromatic rings. The van der Waals surface area contributed by atoms with E-state index in [0.717, 1.165) is 28.3 Å². The van der Waals surface area contributed by atoms with E-state index in [4.69, 9.17) is 0 Å². The fourth-order valence-corrected chi connectivity index (χ4v) is 2.74. The smallest absolute Gasteiger partial charge is 0.124 e. The zero-order chi connectivity index (χ0) is 13.7. The molecule has 0 aliphatic rings. The number of benzene rings is 1. The second kappa shape index (κ2) is 6.73. The molecule has 0 atom stereocenters. The van der Waals surface area contributed by atoms with Crippen LogP contribution in [0, 0.1) is 5.82 Å². The largest absolute Gasteiger partial charge is 0.313 e. The normalized spacial score (nSPS) is 10.9. The maximum atomic E-state index is 13.6. The van der Waals surface area contributed by atoms with Gasteiger partial charge in [0.1, 0.15) is 5.82 Å². The summed E-state index contributed by atoms with van der Waals surface area (Å²) in [5.41, 5.74) is 0.972. The van der Waals surface area contributed by atoms with Crippen LogP contribution in [-0.2, 0) is 13.6 Å². The standard InChI is InChI=1S/C14H18FN3S/c1-3-4-16-8-11-5-12(15)7-13(6-11)19-14-9-17-18(2)10-14/h5-7,9-10,16H,3-4,8H2,1-2H3. The molecular weight excluding hydrogens is 261 g/mol. The van der Waals surface area contributed by atoms with E-state index in [9.17, 15) is 4.39 Å². The van der Waals surface area contributed by atoms with Gasteiger partial charge in [0, 0.05) is 24.7 Å². The lowest BCUT2D eigenvalue weighted by Gasteiger charge is -2.06. The van der Waals surface area contributed by atoms with E-state index in [2.05, 4.69) is 17.3 Å². The number of halogens is 1. The second-order valence-corrected chi connectivity index (χ2v) is 5.57. The van der Waals surface area contributed by atoms with Gasteiger partial charge in [-0.3, -0.25) is 4.68 Å². The minimum atomic E-state index is -0.192. The quantitative estimate of drug-likeness (QED) is 0.823. The highest BCUT2D eigenvalue weighted by atomic mass is 32.2. The van der Waals surface area contributed by atoms with Crippen LogP contribution in [0.4, 0.5) is 4.39 Å². The number of hydrogen-bond acceptors (Lipinski definition) is 3. The van der Waals surface area contributed by atoms with Crippen molar-refractivity contribution >= 4 is 11.8 Å². The third-order valence-electron chi connectivity index (χ3n) is 2.60. The van der Waals surface area contributed by atoms with Crippen LogP contribution in [0.2, 0.25) is 0 Å². The Kier molecular flexibility index (Phi) is 4.99. The zero-order valence-electron chi connectivity index (χ0n) is 11.2. The Labute approximate surface area is 117 Å². The van der Waals surface area contributed by atoms with Crippen LogP contribution in [0.15, 0.2) is 40.4 Å². The molecule has 0 aliphatic heterocycles. The van der Waals surface area contributed by atoms with Crippen molar-refractivity contribution in [2.75, 3.05) is 6.54 Å². The third-order valence-corrected chi connectivity index (χ3v) is 3.52. The first-order valence-corrected chi connectivity index (χ1v) is 7.15. The summed E-state index contributed by atoms with van der Waals surface area (Å²) in [6.07, 6.45) is 4.78. The van der Waals surface area contributed by atoms with Gasteiger partial charge in [-0.2, -0.15) is 5.10 Å². The number of rotatable bonds is 6. The Morgan fingerprint density at radius 2 is 2.16 bits per heavy atom. The van der Waals surface area contributed by atoms with Crippen molar-refractivity contribution in [2.24, 2.45) is 7.05 Å². The van der Waals surface area contributed by atoms with Crippen molar-refractivity contribution in [3.05, 3.63) is 42.0 Å². The van der Waals surface area contributed by atoms with Gasteiger partial charge in [-0.05, 0) is 36.7 Å². The van der Waals surface area contributed by atoms with Gasteiger partial charge in [-0.1, -0.05) is 18.7 Å². The van der Waals surface area contributed by atoms with Crippen LogP contribution < -0.4 is 5.32 Å². The van der Waals surface area contributed by atoms with Gasteiger partial charge < -0.3 is 5.32 Å². The summed E-state index contributed by atoms with van der Waals surface area (Å²) in [6, 6.07) is 5.15. The monoisotopic (exact) mass is 279 g/mol. The molecule has 2 rings (SSSR count). The molecule has 0 radical (unpaired) electrons. The first kappa shape index (κ1) is 14.1. The van der Waals surface area contributed by atoms with E-state index >= 15 is 0 Å². The van der Waals surface area contributed by atoms with Crippen LogP contribution in [0.5, 0.6) is 0 Å². The third kappa shape index (κ3) is 4.36. The molecule has 1 aromatic heterocycles. The minimum absolute atomic E-state index is 0.192. The van der Waals surface area contributed by atoms with Gasteiger partial charge in [0.05, 0.1) is 11.1 Å². The number of hydrogen-bond donors (Lipinski definition) is 1. The first-order valence-electron chi connectivity index (χ1n) is 6.34. The SMILES string of the molecule is CCCNCc1cc(F)cc(Sc2cnn(C)c2)c1. The highest BCUT2D eigenvalue weighted by Crippen LogP contribution is 2.28. The van der Waals surface area contributed by atoms with Crippen molar-refractivity contribution in [1.82, 2.24) is 15.1 Å². The average molecular weight is 279 g/mol. The molecular formula is C14H18FN3S. The molecule has 0 bridgehead atoms. The fourth-order valence-electron chi connectivity index (χ4n) is 1.78. The fraction of sp³-hybridized carbons (Fsp3) is 0.357. The highest BCUT2D eigenvalue weighted by Gasteiger charge is 2.04. The molecule has 0 saturated heterocycles. The van der Waals surface area contributed by atoms with Crippen molar-refractivity contribution in [3.63, 3.8) is 0 Å². The Bertz CT molecular complexity index is 539. The molecule has 0 unspecified atom stereocenters. The van der Waals surface area contributed by atoms with Crippen LogP contribution in [0.3, 0.4) is 0 Å².